The molecule has 0 spiro atoms. The summed E-state index contributed by atoms with van der Waals surface area (Å²) in [6.45, 7) is 3.59. The number of hydrogen-bond acceptors (Lipinski definition) is 2. The molecule has 1 rings (SSSR count). The monoisotopic (exact) mass is 276 g/mol. The normalized spacial score (nSPS) is 10.4. The van der Waals surface area contributed by atoms with Crippen LogP contribution in [0.3, 0.4) is 0 Å². The molecular formula is C10H10BrClO2. The van der Waals surface area contributed by atoms with Gasteiger partial charge in [-0.3, -0.25) is 0 Å². The molecule has 1 aromatic carbocycles. The van der Waals surface area contributed by atoms with Crippen LogP contribution in [0, 0.1) is 0 Å². The maximum atomic E-state index is 11.5. The van der Waals surface area contributed by atoms with E-state index in [0.29, 0.717) is 10.6 Å². The lowest BCUT2D eigenvalue weighted by Gasteiger charge is -2.08. The van der Waals surface area contributed by atoms with E-state index in [4.69, 9.17) is 16.3 Å². The van der Waals surface area contributed by atoms with E-state index in [1.54, 1.807) is 32.0 Å². The molecule has 0 aliphatic carbocycles. The highest BCUT2D eigenvalue weighted by molar-refractivity contribution is 9.10. The molecule has 0 amide bonds. The van der Waals surface area contributed by atoms with Crippen molar-refractivity contribution in [3.05, 3.63) is 33.3 Å². The van der Waals surface area contributed by atoms with E-state index >= 15 is 0 Å². The molecule has 0 fully saturated rings. The van der Waals surface area contributed by atoms with Crippen LogP contribution >= 0.6 is 27.5 Å². The first kappa shape index (κ1) is 11.5. The highest BCUT2D eigenvalue weighted by Gasteiger charge is 2.12. The Labute approximate surface area is 96.3 Å². The lowest BCUT2D eigenvalue weighted by atomic mass is 10.2. The van der Waals surface area contributed by atoms with Gasteiger partial charge in [0.25, 0.3) is 0 Å². The summed E-state index contributed by atoms with van der Waals surface area (Å²) in [5, 5.41) is 0.394. The predicted molar refractivity (Wildman–Crippen MR) is 59.7 cm³/mol. The third-order valence-corrected chi connectivity index (χ3v) is 2.30. The van der Waals surface area contributed by atoms with Gasteiger partial charge in [0, 0.05) is 4.47 Å². The van der Waals surface area contributed by atoms with Crippen molar-refractivity contribution in [3.8, 4) is 0 Å². The minimum absolute atomic E-state index is 0.137. The molecule has 1 aromatic rings. The van der Waals surface area contributed by atoms with Crippen LogP contribution in [0.1, 0.15) is 24.2 Å². The SMILES string of the molecule is CC(C)OC(=O)c1ccc(Br)cc1Cl. The second-order valence-corrected chi connectivity index (χ2v) is 4.40. The van der Waals surface area contributed by atoms with E-state index < -0.39 is 5.97 Å². The van der Waals surface area contributed by atoms with E-state index in [9.17, 15) is 4.79 Å². The Bertz CT molecular complexity index is 350. The first-order valence-corrected chi connectivity index (χ1v) is 5.34. The van der Waals surface area contributed by atoms with Crippen molar-refractivity contribution in [2.45, 2.75) is 20.0 Å². The summed E-state index contributed by atoms with van der Waals surface area (Å²) >= 11 is 9.14. The lowest BCUT2D eigenvalue weighted by Crippen LogP contribution is -2.11. The largest absolute Gasteiger partial charge is 0.459 e. The number of esters is 1. The van der Waals surface area contributed by atoms with Crippen molar-refractivity contribution in [3.63, 3.8) is 0 Å². The van der Waals surface area contributed by atoms with Gasteiger partial charge in [0.1, 0.15) is 0 Å². The summed E-state index contributed by atoms with van der Waals surface area (Å²) in [6.07, 6.45) is -0.137. The quantitative estimate of drug-likeness (QED) is 0.771. The number of carbonyl (C=O) groups is 1. The van der Waals surface area contributed by atoms with Crippen molar-refractivity contribution in [1.82, 2.24) is 0 Å². The smallest absolute Gasteiger partial charge is 0.339 e. The molecule has 0 saturated heterocycles. The zero-order chi connectivity index (χ0) is 10.7. The van der Waals surface area contributed by atoms with Gasteiger partial charge < -0.3 is 4.74 Å². The zero-order valence-corrected chi connectivity index (χ0v) is 10.2. The molecule has 0 unspecified atom stereocenters. The van der Waals surface area contributed by atoms with Gasteiger partial charge in [-0.05, 0) is 32.0 Å². The molecule has 0 aliphatic heterocycles. The molecule has 0 saturated carbocycles. The first-order valence-electron chi connectivity index (χ1n) is 4.16. The average Bonchev–Trinajstić information content (AvgIpc) is 2.01. The van der Waals surface area contributed by atoms with Gasteiger partial charge in [0.15, 0.2) is 0 Å². The molecule has 4 heteroatoms. The number of benzene rings is 1. The van der Waals surface area contributed by atoms with Gasteiger partial charge in [-0.1, -0.05) is 27.5 Å². The number of ether oxygens (including phenoxy) is 1. The second-order valence-electron chi connectivity index (χ2n) is 3.08. The van der Waals surface area contributed by atoms with Crippen LogP contribution in [0.2, 0.25) is 5.02 Å². The first-order chi connectivity index (χ1) is 6.50. The molecule has 0 N–H and O–H groups in total. The maximum Gasteiger partial charge on any atom is 0.339 e. The van der Waals surface area contributed by atoms with E-state index in [2.05, 4.69) is 15.9 Å². The number of halogens is 2. The summed E-state index contributed by atoms with van der Waals surface area (Å²) in [5.41, 5.74) is 0.392. The fraction of sp³-hybridized carbons (Fsp3) is 0.300. The van der Waals surface area contributed by atoms with E-state index in [1.165, 1.54) is 0 Å². The van der Waals surface area contributed by atoms with Crippen LogP contribution in [0.25, 0.3) is 0 Å². The fourth-order valence-electron chi connectivity index (χ4n) is 0.933. The van der Waals surface area contributed by atoms with Crippen LogP contribution in [0.4, 0.5) is 0 Å². The average molecular weight is 278 g/mol. The zero-order valence-electron chi connectivity index (χ0n) is 7.88. The van der Waals surface area contributed by atoms with E-state index in [0.717, 1.165) is 4.47 Å². The third kappa shape index (κ3) is 3.00. The van der Waals surface area contributed by atoms with Crippen molar-refractivity contribution in [1.29, 1.82) is 0 Å². The summed E-state index contributed by atoms with van der Waals surface area (Å²) in [6, 6.07) is 5.05. The highest BCUT2D eigenvalue weighted by atomic mass is 79.9. The van der Waals surface area contributed by atoms with Crippen LogP contribution in [-0.4, -0.2) is 12.1 Å². The summed E-state index contributed by atoms with van der Waals surface area (Å²) in [7, 11) is 0. The van der Waals surface area contributed by atoms with Crippen molar-refractivity contribution < 1.29 is 9.53 Å². The minimum atomic E-state index is -0.391. The van der Waals surface area contributed by atoms with Crippen LogP contribution in [0.15, 0.2) is 22.7 Å². The summed E-state index contributed by atoms with van der Waals surface area (Å²) in [4.78, 5) is 11.5. The van der Waals surface area contributed by atoms with Gasteiger partial charge in [-0.25, -0.2) is 4.79 Å². The van der Waals surface area contributed by atoms with Crippen LogP contribution < -0.4 is 0 Å². The van der Waals surface area contributed by atoms with Gasteiger partial charge in [0.2, 0.25) is 0 Å². The number of carbonyl (C=O) groups excluding carboxylic acids is 1. The molecule has 14 heavy (non-hydrogen) atoms. The minimum Gasteiger partial charge on any atom is -0.459 e. The van der Waals surface area contributed by atoms with Gasteiger partial charge in [0.05, 0.1) is 16.7 Å². The van der Waals surface area contributed by atoms with Gasteiger partial charge >= 0.3 is 5.97 Å². The van der Waals surface area contributed by atoms with Crippen molar-refractivity contribution >= 4 is 33.5 Å². The van der Waals surface area contributed by atoms with Crippen molar-refractivity contribution in [2.75, 3.05) is 0 Å². The van der Waals surface area contributed by atoms with Gasteiger partial charge in [-0.2, -0.15) is 0 Å². The van der Waals surface area contributed by atoms with E-state index in [-0.39, 0.29) is 6.10 Å². The second kappa shape index (κ2) is 4.80. The summed E-state index contributed by atoms with van der Waals surface area (Å²) < 4.78 is 5.85. The molecule has 0 heterocycles. The molecular weight excluding hydrogens is 267 g/mol. The van der Waals surface area contributed by atoms with Crippen molar-refractivity contribution in [2.24, 2.45) is 0 Å². The van der Waals surface area contributed by atoms with E-state index in [1.807, 2.05) is 0 Å². The Kier molecular flexibility index (Phi) is 3.96. The number of rotatable bonds is 2. The van der Waals surface area contributed by atoms with Crippen LogP contribution in [-0.2, 0) is 4.74 Å². The fourth-order valence-corrected chi connectivity index (χ4v) is 1.68. The summed E-state index contributed by atoms with van der Waals surface area (Å²) in [5.74, 6) is -0.391. The third-order valence-electron chi connectivity index (χ3n) is 1.49. The maximum absolute atomic E-state index is 11.5. The Balaban J connectivity index is 2.90. The molecule has 0 atom stereocenters. The van der Waals surface area contributed by atoms with Crippen LogP contribution in [0.5, 0.6) is 0 Å². The molecule has 0 aromatic heterocycles. The number of hydrogen-bond donors (Lipinski definition) is 0. The molecule has 0 bridgehead atoms. The Morgan fingerprint density at radius 3 is 2.64 bits per heavy atom. The highest BCUT2D eigenvalue weighted by Crippen LogP contribution is 2.22. The van der Waals surface area contributed by atoms with Gasteiger partial charge in [-0.15, -0.1) is 0 Å². The lowest BCUT2D eigenvalue weighted by molar-refractivity contribution is 0.0378. The molecule has 0 radical (unpaired) electrons. The predicted octanol–water partition coefficient (Wildman–Crippen LogP) is 3.67. The molecule has 0 aliphatic rings. The molecule has 2 nitrogen and oxygen atoms in total. The standard InChI is InChI=1S/C10H10BrClO2/c1-6(2)14-10(13)8-4-3-7(11)5-9(8)12/h3-6H,1-2H3. The Morgan fingerprint density at radius 1 is 1.50 bits per heavy atom. The molecule has 76 valence electrons. The Morgan fingerprint density at radius 2 is 2.14 bits per heavy atom. The topological polar surface area (TPSA) is 26.3 Å². The Hall–Kier alpha value is -0.540.